The van der Waals surface area contributed by atoms with Gasteiger partial charge in [0.05, 0.1) is 34.0 Å². The molecular weight excluding hydrogens is 501 g/mol. The lowest BCUT2D eigenvalue weighted by Crippen LogP contribution is -2.53. The van der Waals surface area contributed by atoms with Crippen molar-refractivity contribution in [3.63, 3.8) is 0 Å². The van der Waals surface area contributed by atoms with Gasteiger partial charge in [-0.05, 0) is 19.3 Å². The second kappa shape index (κ2) is 12.4. The fourth-order valence-corrected chi connectivity index (χ4v) is 3.94. The van der Waals surface area contributed by atoms with Gasteiger partial charge >= 0.3 is 0 Å². The van der Waals surface area contributed by atoms with E-state index in [9.17, 15) is 0 Å². The van der Waals surface area contributed by atoms with E-state index >= 15 is 0 Å². The maximum absolute atomic E-state index is 5.95. The molecule has 2 aliphatic rings. The zero-order valence-corrected chi connectivity index (χ0v) is 20.6. The summed E-state index contributed by atoms with van der Waals surface area (Å²) in [4.78, 5) is 6.72. The molecule has 2 heterocycles. The van der Waals surface area contributed by atoms with Crippen molar-refractivity contribution < 1.29 is 23.7 Å². The fraction of sp³-hybridized carbons (Fsp3) is 0.667. The van der Waals surface area contributed by atoms with Crippen molar-refractivity contribution in [2.45, 2.75) is 31.5 Å². The van der Waals surface area contributed by atoms with E-state index in [2.05, 4.69) is 15.2 Å². The summed E-state index contributed by atoms with van der Waals surface area (Å²) >= 11 is 0. The Morgan fingerprint density at radius 1 is 1.10 bits per heavy atom. The molecule has 1 aromatic rings. The average molecular weight is 535 g/mol. The highest BCUT2D eigenvalue weighted by Crippen LogP contribution is 2.34. The molecule has 1 N–H and O–H groups in total. The molecule has 170 valence electrons. The van der Waals surface area contributed by atoms with Gasteiger partial charge in [0.15, 0.2) is 5.96 Å². The van der Waals surface area contributed by atoms with Crippen LogP contribution in [0.15, 0.2) is 17.1 Å². The summed E-state index contributed by atoms with van der Waals surface area (Å²) in [5, 5.41) is 3.47. The number of benzene rings is 1. The lowest BCUT2D eigenvalue weighted by atomic mass is 10.1. The molecule has 9 heteroatoms. The Hall–Kier alpha value is -1.46. The SMILES string of the molecule is CN=C(NCCc1c(OC)cc(OC)cc1OC)N1CCOC(C2CCCO2)C1.I. The lowest BCUT2D eigenvalue weighted by Gasteiger charge is -2.37. The lowest BCUT2D eigenvalue weighted by molar-refractivity contribution is -0.0816. The van der Waals surface area contributed by atoms with Crippen LogP contribution in [0.5, 0.6) is 17.2 Å². The zero-order valence-electron chi connectivity index (χ0n) is 18.3. The molecule has 0 aromatic heterocycles. The number of morpholine rings is 1. The van der Waals surface area contributed by atoms with Crippen molar-refractivity contribution >= 4 is 29.9 Å². The van der Waals surface area contributed by atoms with Gasteiger partial charge in [0.2, 0.25) is 0 Å². The van der Waals surface area contributed by atoms with E-state index in [4.69, 9.17) is 23.7 Å². The summed E-state index contributed by atoms with van der Waals surface area (Å²) in [6.45, 7) is 3.83. The van der Waals surface area contributed by atoms with Crippen LogP contribution in [-0.2, 0) is 15.9 Å². The second-order valence-corrected chi connectivity index (χ2v) is 7.14. The van der Waals surface area contributed by atoms with Gasteiger partial charge in [-0.15, -0.1) is 24.0 Å². The number of halogens is 1. The normalized spacial score (nSPS) is 21.7. The maximum atomic E-state index is 5.95. The smallest absolute Gasteiger partial charge is 0.193 e. The molecule has 2 aliphatic heterocycles. The topological polar surface area (TPSA) is 73.8 Å². The Kier molecular flexibility index (Phi) is 10.3. The van der Waals surface area contributed by atoms with Crippen molar-refractivity contribution in [2.24, 2.45) is 4.99 Å². The van der Waals surface area contributed by atoms with Gasteiger partial charge in [-0.2, -0.15) is 0 Å². The molecule has 2 atom stereocenters. The van der Waals surface area contributed by atoms with Gasteiger partial charge in [0.25, 0.3) is 0 Å². The van der Waals surface area contributed by atoms with E-state index in [1.54, 1.807) is 21.3 Å². The van der Waals surface area contributed by atoms with E-state index in [0.29, 0.717) is 18.9 Å². The molecule has 0 radical (unpaired) electrons. The first kappa shape index (κ1) is 24.8. The Morgan fingerprint density at radius 3 is 2.37 bits per heavy atom. The monoisotopic (exact) mass is 535 g/mol. The Labute approximate surface area is 196 Å². The second-order valence-electron chi connectivity index (χ2n) is 7.14. The Bertz CT molecular complexity index is 672. The van der Waals surface area contributed by atoms with Crippen molar-refractivity contribution in [1.29, 1.82) is 0 Å². The molecule has 2 fully saturated rings. The number of hydrogen-bond acceptors (Lipinski definition) is 6. The highest BCUT2D eigenvalue weighted by atomic mass is 127. The summed E-state index contributed by atoms with van der Waals surface area (Å²) in [6.07, 6.45) is 3.22. The molecular formula is C21H34IN3O5. The van der Waals surface area contributed by atoms with Crippen LogP contribution in [0.3, 0.4) is 0 Å². The first-order valence-electron chi connectivity index (χ1n) is 10.2. The molecule has 0 spiro atoms. The van der Waals surface area contributed by atoms with E-state index in [0.717, 1.165) is 62.0 Å². The molecule has 2 unspecified atom stereocenters. The van der Waals surface area contributed by atoms with Crippen LogP contribution >= 0.6 is 24.0 Å². The minimum absolute atomic E-state index is 0. The molecule has 1 aromatic carbocycles. The summed E-state index contributed by atoms with van der Waals surface area (Å²) in [6, 6.07) is 3.75. The number of hydrogen-bond donors (Lipinski definition) is 1. The minimum Gasteiger partial charge on any atom is -0.496 e. The summed E-state index contributed by atoms with van der Waals surface area (Å²) in [7, 11) is 6.76. The predicted molar refractivity (Wildman–Crippen MR) is 127 cm³/mol. The average Bonchev–Trinajstić information content (AvgIpc) is 3.31. The van der Waals surface area contributed by atoms with Crippen molar-refractivity contribution in [2.75, 3.05) is 61.2 Å². The van der Waals surface area contributed by atoms with E-state index in [1.165, 1.54) is 0 Å². The van der Waals surface area contributed by atoms with Gasteiger partial charge in [0.1, 0.15) is 23.4 Å². The Balaban J connectivity index is 0.00000320. The molecule has 0 bridgehead atoms. The molecule has 0 saturated carbocycles. The molecule has 2 saturated heterocycles. The van der Waals surface area contributed by atoms with Crippen LogP contribution in [0, 0.1) is 0 Å². The first-order chi connectivity index (χ1) is 14.2. The van der Waals surface area contributed by atoms with E-state index in [1.807, 2.05) is 19.2 Å². The first-order valence-corrected chi connectivity index (χ1v) is 10.2. The van der Waals surface area contributed by atoms with Gasteiger partial charge in [0, 0.05) is 51.0 Å². The van der Waals surface area contributed by atoms with Crippen molar-refractivity contribution in [3.05, 3.63) is 17.7 Å². The number of ether oxygens (including phenoxy) is 5. The molecule has 0 aliphatic carbocycles. The third kappa shape index (κ3) is 6.04. The fourth-order valence-electron chi connectivity index (χ4n) is 3.94. The largest absolute Gasteiger partial charge is 0.496 e. The summed E-state index contributed by atoms with van der Waals surface area (Å²) in [5.41, 5.74) is 0.998. The van der Waals surface area contributed by atoms with Crippen molar-refractivity contribution in [3.8, 4) is 17.2 Å². The van der Waals surface area contributed by atoms with Gasteiger partial charge < -0.3 is 33.9 Å². The maximum Gasteiger partial charge on any atom is 0.193 e. The van der Waals surface area contributed by atoms with Gasteiger partial charge in [-0.1, -0.05) is 0 Å². The predicted octanol–water partition coefficient (Wildman–Crippen LogP) is 2.33. The highest BCUT2D eigenvalue weighted by Gasteiger charge is 2.32. The van der Waals surface area contributed by atoms with Crippen LogP contribution in [0.2, 0.25) is 0 Å². The quantitative estimate of drug-likeness (QED) is 0.327. The van der Waals surface area contributed by atoms with Gasteiger partial charge in [-0.25, -0.2) is 0 Å². The number of nitrogens with zero attached hydrogens (tertiary/aromatic N) is 2. The number of methoxy groups -OCH3 is 3. The number of rotatable bonds is 7. The zero-order chi connectivity index (χ0) is 20.6. The summed E-state index contributed by atoms with van der Waals surface area (Å²) in [5.74, 6) is 3.09. The molecule has 30 heavy (non-hydrogen) atoms. The Morgan fingerprint density at radius 2 is 1.80 bits per heavy atom. The van der Waals surface area contributed by atoms with E-state index < -0.39 is 0 Å². The van der Waals surface area contributed by atoms with Crippen LogP contribution in [0.4, 0.5) is 0 Å². The third-order valence-corrected chi connectivity index (χ3v) is 5.46. The van der Waals surface area contributed by atoms with Crippen LogP contribution < -0.4 is 19.5 Å². The summed E-state index contributed by atoms with van der Waals surface area (Å²) < 4.78 is 28.2. The van der Waals surface area contributed by atoms with Crippen LogP contribution in [-0.4, -0.2) is 84.3 Å². The highest BCUT2D eigenvalue weighted by molar-refractivity contribution is 14.0. The number of nitrogens with one attached hydrogen (secondary N) is 1. The number of guanidine groups is 1. The minimum atomic E-state index is 0. The third-order valence-electron chi connectivity index (χ3n) is 5.46. The molecule has 3 rings (SSSR count). The van der Waals surface area contributed by atoms with Crippen LogP contribution in [0.1, 0.15) is 18.4 Å². The van der Waals surface area contributed by atoms with Crippen LogP contribution in [0.25, 0.3) is 0 Å². The molecule has 8 nitrogen and oxygen atoms in total. The van der Waals surface area contributed by atoms with Gasteiger partial charge in [-0.3, -0.25) is 4.99 Å². The molecule has 0 amide bonds. The number of aliphatic imine (C=N–C) groups is 1. The van der Waals surface area contributed by atoms with E-state index in [-0.39, 0.29) is 36.2 Å². The standard InChI is InChI=1S/C21H33N3O5.HI/c1-22-21(24-9-11-29-20(14-24)17-6-5-10-28-17)23-8-7-16-18(26-3)12-15(25-2)13-19(16)27-4;/h12-13,17,20H,5-11,14H2,1-4H3,(H,22,23);1H. The van der Waals surface area contributed by atoms with Crippen molar-refractivity contribution in [1.82, 2.24) is 10.2 Å².